The summed E-state index contributed by atoms with van der Waals surface area (Å²) in [5.74, 6) is 0. The highest BCUT2D eigenvalue weighted by Gasteiger charge is 2.03. The number of hydrogen-bond donors (Lipinski definition) is 2. The van der Waals surface area contributed by atoms with Crippen LogP contribution in [0.15, 0.2) is 24.4 Å². The van der Waals surface area contributed by atoms with Gasteiger partial charge in [-0.3, -0.25) is 0 Å². The number of H-pyrrole nitrogens is 1. The van der Waals surface area contributed by atoms with E-state index in [0.29, 0.717) is 6.04 Å². The van der Waals surface area contributed by atoms with Crippen LogP contribution in [0, 0.1) is 6.92 Å². The van der Waals surface area contributed by atoms with Gasteiger partial charge in [-0.1, -0.05) is 25.5 Å². The first-order valence-corrected chi connectivity index (χ1v) is 5.47. The second-order valence-corrected chi connectivity index (χ2v) is 4.40. The molecule has 0 spiro atoms. The van der Waals surface area contributed by atoms with E-state index in [1.807, 2.05) is 0 Å². The zero-order valence-electron chi connectivity index (χ0n) is 9.59. The van der Waals surface area contributed by atoms with Crippen LogP contribution in [0.3, 0.4) is 0 Å². The van der Waals surface area contributed by atoms with Crippen molar-refractivity contribution in [2.45, 2.75) is 33.4 Å². The first-order valence-electron chi connectivity index (χ1n) is 5.47. The maximum atomic E-state index is 3.44. The topological polar surface area (TPSA) is 27.8 Å². The molecular formula is C13H18N2. The molecule has 0 saturated carbocycles. The summed E-state index contributed by atoms with van der Waals surface area (Å²) in [6.07, 6.45) is 2.10. The van der Waals surface area contributed by atoms with E-state index in [0.717, 1.165) is 6.54 Å². The second kappa shape index (κ2) is 4.07. The van der Waals surface area contributed by atoms with Crippen LogP contribution in [0.5, 0.6) is 0 Å². The zero-order valence-corrected chi connectivity index (χ0v) is 9.59. The fourth-order valence-corrected chi connectivity index (χ4v) is 1.75. The van der Waals surface area contributed by atoms with Crippen molar-refractivity contribution >= 4 is 10.9 Å². The van der Waals surface area contributed by atoms with Crippen LogP contribution < -0.4 is 5.32 Å². The van der Waals surface area contributed by atoms with Crippen molar-refractivity contribution in [3.63, 3.8) is 0 Å². The van der Waals surface area contributed by atoms with Gasteiger partial charge in [-0.05, 0) is 24.6 Å². The predicted molar refractivity (Wildman–Crippen MR) is 65.0 cm³/mol. The van der Waals surface area contributed by atoms with E-state index in [1.165, 1.54) is 22.0 Å². The molecule has 1 heterocycles. The number of aromatic nitrogens is 1. The Morgan fingerprint density at radius 3 is 2.87 bits per heavy atom. The summed E-state index contributed by atoms with van der Waals surface area (Å²) in [7, 11) is 0. The standard InChI is InChI=1S/C13H18N2/c1-9(2)14-7-11-8-15-13-5-4-10(3)6-12(11)13/h4-6,8-9,14-15H,7H2,1-3H3. The van der Waals surface area contributed by atoms with Gasteiger partial charge in [0.15, 0.2) is 0 Å². The van der Waals surface area contributed by atoms with Crippen molar-refractivity contribution in [2.75, 3.05) is 0 Å². The number of benzene rings is 1. The SMILES string of the molecule is Cc1ccc2[nH]cc(CNC(C)C)c2c1. The number of nitrogens with one attached hydrogen (secondary N) is 2. The Morgan fingerprint density at radius 2 is 2.13 bits per heavy atom. The molecule has 1 aromatic carbocycles. The van der Waals surface area contributed by atoms with E-state index in [1.54, 1.807) is 0 Å². The molecule has 2 nitrogen and oxygen atoms in total. The Labute approximate surface area is 90.7 Å². The van der Waals surface area contributed by atoms with Crippen LogP contribution in [0.4, 0.5) is 0 Å². The van der Waals surface area contributed by atoms with Crippen LogP contribution in [0.2, 0.25) is 0 Å². The first-order chi connectivity index (χ1) is 7.16. The fourth-order valence-electron chi connectivity index (χ4n) is 1.75. The third kappa shape index (κ3) is 2.21. The van der Waals surface area contributed by atoms with Gasteiger partial charge in [0.1, 0.15) is 0 Å². The van der Waals surface area contributed by atoms with Crippen molar-refractivity contribution in [1.29, 1.82) is 0 Å². The molecule has 0 unspecified atom stereocenters. The van der Waals surface area contributed by atoms with E-state index in [-0.39, 0.29) is 0 Å². The summed E-state index contributed by atoms with van der Waals surface area (Å²) in [4.78, 5) is 3.30. The summed E-state index contributed by atoms with van der Waals surface area (Å²) in [5, 5.41) is 4.78. The number of aromatic amines is 1. The fraction of sp³-hybridized carbons (Fsp3) is 0.385. The molecule has 1 aromatic heterocycles. The maximum Gasteiger partial charge on any atom is 0.0457 e. The highest BCUT2D eigenvalue weighted by Crippen LogP contribution is 2.19. The molecule has 0 saturated heterocycles. The molecule has 0 aliphatic rings. The van der Waals surface area contributed by atoms with Gasteiger partial charge in [0.05, 0.1) is 0 Å². The van der Waals surface area contributed by atoms with Gasteiger partial charge in [-0.2, -0.15) is 0 Å². The zero-order chi connectivity index (χ0) is 10.8. The van der Waals surface area contributed by atoms with Gasteiger partial charge >= 0.3 is 0 Å². The molecule has 0 fully saturated rings. The summed E-state index contributed by atoms with van der Waals surface area (Å²) in [5.41, 5.74) is 3.89. The lowest BCUT2D eigenvalue weighted by atomic mass is 10.1. The Hall–Kier alpha value is -1.28. The molecule has 2 aromatic rings. The van der Waals surface area contributed by atoms with Crippen LogP contribution in [0.25, 0.3) is 10.9 Å². The molecule has 15 heavy (non-hydrogen) atoms. The molecule has 2 heteroatoms. The molecule has 2 rings (SSSR count). The van der Waals surface area contributed by atoms with Crippen molar-refractivity contribution in [3.05, 3.63) is 35.5 Å². The molecule has 0 radical (unpaired) electrons. The van der Waals surface area contributed by atoms with Crippen molar-refractivity contribution in [2.24, 2.45) is 0 Å². The first kappa shape index (κ1) is 10.2. The minimum absolute atomic E-state index is 0.528. The van der Waals surface area contributed by atoms with E-state index >= 15 is 0 Å². The summed E-state index contributed by atoms with van der Waals surface area (Å²) < 4.78 is 0. The molecule has 80 valence electrons. The normalized spacial score (nSPS) is 11.5. The smallest absolute Gasteiger partial charge is 0.0457 e. The maximum absolute atomic E-state index is 3.44. The molecule has 0 aliphatic heterocycles. The predicted octanol–water partition coefficient (Wildman–Crippen LogP) is 2.97. The van der Waals surface area contributed by atoms with Crippen LogP contribution in [-0.4, -0.2) is 11.0 Å². The lowest BCUT2D eigenvalue weighted by molar-refractivity contribution is 0.590. The van der Waals surface area contributed by atoms with Crippen molar-refractivity contribution in [1.82, 2.24) is 10.3 Å². The largest absolute Gasteiger partial charge is 0.361 e. The Balaban J connectivity index is 2.31. The number of rotatable bonds is 3. The molecule has 0 bridgehead atoms. The number of fused-ring (bicyclic) bond motifs is 1. The number of hydrogen-bond acceptors (Lipinski definition) is 1. The average Bonchev–Trinajstić information content (AvgIpc) is 2.57. The molecule has 2 N–H and O–H groups in total. The van der Waals surface area contributed by atoms with Gasteiger partial charge in [0.2, 0.25) is 0 Å². The van der Waals surface area contributed by atoms with E-state index < -0.39 is 0 Å². The lowest BCUT2D eigenvalue weighted by Gasteiger charge is -2.06. The van der Waals surface area contributed by atoms with Crippen LogP contribution >= 0.6 is 0 Å². The quantitative estimate of drug-likeness (QED) is 0.786. The van der Waals surface area contributed by atoms with Gasteiger partial charge in [-0.15, -0.1) is 0 Å². The van der Waals surface area contributed by atoms with Crippen molar-refractivity contribution in [3.8, 4) is 0 Å². The van der Waals surface area contributed by atoms with Gasteiger partial charge in [-0.25, -0.2) is 0 Å². The molecule has 0 amide bonds. The Morgan fingerprint density at radius 1 is 1.33 bits per heavy atom. The average molecular weight is 202 g/mol. The van der Waals surface area contributed by atoms with Gasteiger partial charge < -0.3 is 10.3 Å². The Kier molecular flexibility index (Phi) is 2.78. The van der Waals surface area contributed by atoms with Crippen molar-refractivity contribution < 1.29 is 0 Å². The molecule has 0 atom stereocenters. The van der Waals surface area contributed by atoms with E-state index in [9.17, 15) is 0 Å². The van der Waals surface area contributed by atoms with E-state index in [2.05, 4.69) is 55.5 Å². The number of aryl methyl sites for hydroxylation is 1. The third-order valence-corrected chi connectivity index (χ3v) is 2.62. The monoisotopic (exact) mass is 202 g/mol. The summed E-state index contributed by atoms with van der Waals surface area (Å²) in [6.45, 7) is 7.40. The van der Waals surface area contributed by atoms with Gasteiger partial charge in [0.25, 0.3) is 0 Å². The van der Waals surface area contributed by atoms with Crippen LogP contribution in [0.1, 0.15) is 25.0 Å². The highest BCUT2D eigenvalue weighted by molar-refractivity contribution is 5.83. The Bertz CT molecular complexity index is 455. The molecular weight excluding hydrogens is 184 g/mol. The van der Waals surface area contributed by atoms with E-state index in [4.69, 9.17) is 0 Å². The molecule has 0 aliphatic carbocycles. The van der Waals surface area contributed by atoms with Crippen LogP contribution in [-0.2, 0) is 6.54 Å². The van der Waals surface area contributed by atoms with Gasteiger partial charge in [0, 0.05) is 29.7 Å². The second-order valence-electron chi connectivity index (χ2n) is 4.40. The lowest BCUT2D eigenvalue weighted by Crippen LogP contribution is -2.21. The third-order valence-electron chi connectivity index (χ3n) is 2.62. The summed E-state index contributed by atoms with van der Waals surface area (Å²) >= 11 is 0. The minimum Gasteiger partial charge on any atom is -0.361 e. The minimum atomic E-state index is 0.528. The summed E-state index contributed by atoms with van der Waals surface area (Å²) in [6, 6.07) is 7.05. The highest BCUT2D eigenvalue weighted by atomic mass is 14.9.